The first-order valence-electron chi connectivity index (χ1n) is 6.47. The standard InChI is InChI=1S/C11H21N5O4/c12-9(17)7-8(10(18)19)15-11(20)14-3-6-16-4-1-13-2-5-16/h8,13H,1-7H2,(H2,12,17)(H,18,19)(H2,14,15,20)/t8-/m0/s1. The van der Waals surface area contributed by atoms with Gasteiger partial charge in [0.25, 0.3) is 0 Å². The fourth-order valence-electron chi connectivity index (χ4n) is 1.87. The van der Waals surface area contributed by atoms with Crippen LogP contribution in [-0.2, 0) is 9.59 Å². The summed E-state index contributed by atoms with van der Waals surface area (Å²) in [6, 6.07) is -1.92. The van der Waals surface area contributed by atoms with Crippen LogP contribution in [0.3, 0.4) is 0 Å². The second kappa shape index (κ2) is 8.33. The number of aliphatic carboxylic acids is 1. The van der Waals surface area contributed by atoms with Crippen LogP contribution in [0.1, 0.15) is 6.42 Å². The van der Waals surface area contributed by atoms with Gasteiger partial charge in [-0.05, 0) is 0 Å². The number of nitrogens with one attached hydrogen (secondary N) is 3. The molecule has 1 saturated heterocycles. The van der Waals surface area contributed by atoms with Gasteiger partial charge in [0.1, 0.15) is 6.04 Å². The molecule has 1 aliphatic heterocycles. The van der Waals surface area contributed by atoms with Crippen molar-refractivity contribution in [2.24, 2.45) is 5.73 Å². The van der Waals surface area contributed by atoms with Crippen molar-refractivity contribution in [1.29, 1.82) is 0 Å². The normalized spacial score (nSPS) is 17.2. The Labute approximate surface area is 116 Å². The zero-order chi connectivity index (χ0) is 15.0. The summed E-state index contributed by atoms with van der Waals surface area (Å²) in [6.45, 7) is 4.79. The minimum Gasteiger partial charge on any atom is -0.480 e. The predicted octanol–water partition coefficient (Wildman–Crippen LogP) is -2.48. The maximum absolute atomic E-state index is 11.5. The van der Waals surface area contributed by atoms with Crippen LogP contribution in [-0.4, -0.2) is 73.2 Å². The van der Waals surface area contributed by atoms with E-state index in [1.807, 2.05) is 0 Å². The van der Waals surface area contributed by atoms with Crippen molar-refractivity contribution in [3.8, 4) is 0 Å². The van der Waals surface area contributed by atoms with E-state index in [1.54, 1.807) is 0 Å². The molecular formula is C11H21N5O4. The highest BCUT2D eigenvalue weighted by Crippen LogP contribution is 1.92. The number of nitrogens with two attached hydrogens (primary N) is 1. The zero-order valence-electron chi connectivity index (χ0n) is 11.2. The van der Waals surface area contributed by atoms with Gasteiger partial charge < -0.3 is 26.8 Å². The maximum Gasteiger partial charge on any atom is 0.326 e. The van der Waals surface area contributed by atoms with Gasteiger partial charge in [-0.15, -0.1) is 0 Å². The van der Waals surface area contributed by atoms with Gasteiger partial charge in [0, 0.05) is 39.3 Å². The fourth-order valence-corrected chi connectivity index (χ4v) is 1.87. The van der Waals surface area contributed by atoms with Crippen LogP contribution >= 0.6 is 0 Å². The van der Waals surface area contributed by atoms with E-state index in [2.05, 4.69) is 20.9 Å². The molecule has 0 aliphatic carbocycles. The van der Waals surface area contributed by atoms with Gasteiger partial charge in [0.15, 0.2) is 0 Å². The number of hydrogen-bond acceptors (Lipinski definition) is 5. The predicted molar refractivity (Wildman–Crippen MR) is 71.1 cm³/mol. The average Bonchev–Trinajstić information content (AvgIpc) is 2.38. The third-order valence-corrected chi connectivity index (χ3v) is 2.93. The second-order valence-electron chi connectivity index (χ2n) is 4.55. The Bertz CT molecular complexity index is 357. The molecule has 6 N–H and O–H groups in total. The molecule has 0 aromatic rings. The molecule has 9 heteroatoms. The molecule has 1 aliphatic rings. The Hall–Kier alpha value is -1.87. The van der Waals surface area contributed by atoms with Crippen LogP contribution in [0.15, 0.2) is 0 Å². The minimum atomic E-state index is -1.30. The maximum atomic E-state index is 11.5. The summed E-state index contributed by atoms with van der Waals surface area (Å²) < 4.78 is 0. The molecule has 0 aromatic carbocycles. The van der Waals surface area contributed by atoms with E-state index in [0.29, 0.717) is 13.1 Å². The third-order valence-electron chi connectivity index (χ3n) is 2.93. The average molecular weight is 287 g/mol. The molecule has 1 atom stereocenters. The summed E-state index contributed by atoms with van der Waals surface area (Å²) in [6.07, 6.45) is -0.430. The third kappa shape index (κ3) is 6.34. The molecule has 0 aromatic heterocycles. The zero-order valence-corrected chi connectivity index (χ0v) is 11.2. The van der Waals surface area contributed by atoms with Gasteiger partial charge in [-0.2, -0.15) is 0 Å². The van der Waals surface area contributed by atoms with E-state index in [9.17, 15) is 14.4 Å². The molecule has 1 heterocycles. The highest BCUT2D eigenvalue weighted by atomic mass is 16.4. The summed E-state index contributed by atoms with van der Waals surface area (Å²) in [5.41, 5.74) is 4.92. The van der Waals surface area contributed by atoms with Crippen LogP contribution in [0.25, 0.3) is 0 Å². The van der Waals surface area contributed by atoms with Crippen LogP contribution in [0.5, 0.6) is 0 Å². The highest BCUT2D eigenvalue weighted by Gasteiger charge is 2.21. The number of urea groups is 1. The number of piperazine rings is 1. The summed E-state index contributed by atoms with van der Waals surface area (Å²) in [4.78, 5) is 35.2. The van der Waals surface area contributed by atoms with Crippen molar-refractivity contribution in [2.45, 2.75) is 12.5 Å². The minimum absolute atomic E-state index is 0.411. The molecule has 20 heavy (non-hydrogen) atoms. The quantitative estimate of drug-likeness (QED) is 0.351. The number of carboxylic acid groups (broad SMARTS) is 1. The largest absolute Gasteiger partial charge is 0.480 e. The number of carboxylic acids is 1. The number of hydrogen-bond donors (Lipinski definition) is 5. The van der Waals surface area contributed by atoms with Gasteiger partial charge >= 0.3 is 12.0 Å². The van der Waals surface area contributed by atoms with E-state index in [1.165, 1.54) is 0 Å². The fraction of sp³-hybridized carbons (Fsp3) is 0.727. The lowest BCUT2D eigenvalue weighted by molar-refractivity contribution is -0.140. The van der Waals surface area contributed by atoms with E-state index in [-0.39, 0.29) is 0 Å². The lowest BCUT2D eigenvalue weighted by Gasteiger charge is -2.27. The number of carbonyl (C=O) groups excluding carboxylic acids is 2. The Morgan fingerprint density at radius 2 is 1.95 bits per heavy atom. The van der Waals surface area contributed by atoms with Crippen LogP contribution in [0.4, 0.5) is 4.79 Å². The second-order valence-corrected chi connectivity index (χ2v) is 4.55. The van der Waals surface area contributed by atoms with Crippen molar-refractivity contribution in [1.82, 2.24) is 20.9 Å². The van der Waals surface area contributed by atoms with Crippen LogP contribution in [0, 0.1) is 0 Å². The number of amides is 3. The molecule has 9 nitrogen and oxygen atoms in total. The number of rotatable bonds is 7. The first-order chi connectivity index (χ1) is 9.49. The van der Waals surface area contributed by atoms with Crippen molar-refractivity contribution in [3.05, 3.63) is 0 Å². The SMILES string of the molecule is NC(=O)C[C@H](NC(=O)NCCN1CCNCC1)C(=O)O. The summed E-state index contributed by atoms with van der Waals surface area (Å²) in [7, 11) is 0. The molecule has 0 radical (unpaired) electrons. The first-order valence-corrected chi connectivity index (χ1v) is 6.47. The molecule has 1 rings (SSSR count). The Morgan fingerprint density at radius 3 is 2.50 bits per heavy atom. The summed E-state index contributed by atoms with van der Waals surface area (Å²) >= 11 is 0. The van der Waals surface area contributed by atoms with Crippen molar-refractivity contribution in [3.63, 3.8) is 0 Å². The number of primary amides is 1. The van der Waals surface area contributed by atoms with Crippen LogP contribution in [0.2, 0.25) is 0 Å². The monoisotopic (exact) mass is 287 g/mol. The van der Waals surface area contributed by atoms with E-state index < -0.39 is 30.4 Å². The summed E-state index contributed by atoms with van der Waals surface area (Å²) in [5, 5.41) is 16.8. The topological polar surface area (TPSA) is 137 Å². The lowest BCUT2D eigenvalue weighted by Crippen LogP contribution is -2.50. The molecule has 1 fully saturated rings. The molecule has 0 bridgehead atoms. The molecule has 0 saturated carbocycles. The Kier molecular flexibility index (Phi) is 6.74. The highest BCUT2D eigenvalue weighted by molar-refractivity contribution is 5.87. The molecular weight excluding hydrogens is 266 g/mol. The number of nitrogens with zero attached hydrogens (tertiary/aromatic N) is 1. The van der Waals surface area contributed by atoms with Crippen molar-refractivity contribution < 1.29 is 19.5 Å². The van der Waals surface area contributed by atoms with Crippen molar-refractivity contribution >= 4 is 17.9 Å². The smallest absolute Gasteiger partial charge is 0.326 e. The lowest BCUT2D eigenvalue weighted by atomic mass is 10.2. The van der Waals surface area contributed by atoms with Gasteiger partial charge in [-0.3, -0.25) is 9.69 Å². The Balaban J connectivity index is 2.23. The van der Waals surface area contributed by atoms with Gasteiger partial charge in [-0.1, -0.05) is 0 Å². The van der Waals surface area contributed by atoms with Gasteiger partial charge in [-0.25, -0.2) is 9.59 Å². The first kappa shape index (κ1) is 16.2. The van der Waals surface area contributed by atoms with Crippen LogP contribution < -0.4 is 21.7 Å². The van der Waals surface area contributed by atoms with E-state index in [0.717, 1.165) is 26.2 Å². The van der Waals surface area contributed by atoms with E-state index >= 15 is 0 Å². The molecule has 0 unspecified atom stereocenters. The molecule has 0 spiro atoms. The van der Waals surface area contributed by atoms with Crippen molar-refractivity contribution in [2.75, 3.05) is 39.3 Å². The molecule has 3 amide bonds. The van der Waals surface area contributed by atoms with Gasteiger partial charge in [0.2, 0.25) is 5.91 Å². The Morgan fingerprint density at radius 1 is 1.30 bits per heavy atom. The van der Waals surface area contributed by atoms with Gasteiger partial charge in [0.05, 0.1) is 6.42 Å². The molecule has 114 valence electrons. The summed E-state index contributed by atoms with van der Waals surface area (Å²) in [5.74, 6) is -2.07. The number of carbonyl (C=O) groups is 3. The van der Waals surface area contributed by atoms with E-state index in [4.69, 9.17) is 10.8 Å².